The number of carbonyl (C=O) groups excluding carboxylic acids is 2. The number of likely N-dealkylation sites (N-methyl/N-ethyl adjacent to an activating group) is 1. The Morgan fingerprint density at radius 3 is 2.82 bits per heavy atom. The number of hydrogen-bond donors (Lipinski definition) is 0. The molecule has 0 radical (unpaired) electrons. The quantitative estimate of drug-likeness (QED) is 0.597. The molecular formula is C17H23NO4. The molecule has 0 aromatic heterocycles. The summed E-state index contributed by atoms with van der Waals surface area (Å²) in [6, 6.07) is 5.54. The molecule has 120 valence electrons. The van der Waals surface area contributed by atoms with Crippen LogP contribution in [0.5, 0.6) is 5.75 Å². The Balaban J connectivity index is 2.03. The summed E-state index contributed by atoms with van der Waals surface area (Å²) in [7, 11) is 3.36. The van der Waals surface area contributed by atoms with Gasteiger partial charge < -0.3 is 14.4 Å². The van der Waals surface area contributed by atoms with Gasteiger partial charge in [0.05, 0.1) is 19.3 Å². The highest BCUT2D eigenvalue weighted by Gasteiger charge is 2.23. The molecule has 0 N–H and O–H groups in total. The summed E-state index contributed by atoms with van der Waals surface area (Å²) in [4.78, 5) is 25.4. The second kappa shape index (κ2) is 7.29. The minimum Gasteiger partial charge on any atom is -0.486 e. The molecular weight excluding hydrogens is 282 g/mol. The molecule has 5 heteroatoms. The van der Waals surface area contributed by atoms with Gasteiger partial charge in [-0.25, -0.2) is 0 Å². The second-order valence-electron chi connectivity index (χ2n) is 5.56. The van der Waals surface area contributed by atoms with Crippen molar-refractivity contribution in [3.8, 4) is 5.75 Å². The molecule has 0 bridgehead atoms. The van der Waals surface area contributed by atoms with Crippen LogP contribution >= 0.6 is 0 Å². The van der Waals surface area contributed by atoms with Gasteiger partial charge >= 0.3 is 5.97 Å². The van der Waals surface area contributed by atoms with E-state index >= 15 is 0 Å². The maximum Gasteiger partial charge on any atom is 0.305 e. The lowest BCUT2D eigenvalue weighted by Gasteiger charge is -2.33. The van der Waals surface area contributed by atoms with Crippen LogP contribution in [-0.4, -0.2) is 38.6 Å². The summed E-state index contributed by atoms with van der Waals surface area (Å²) in [5, 5.41) is 0. The van der Waals surface area contributed by atoms with Crippen molar-refractivity contribution in [3.63, 3.8) is 0 Å². The molecule has 0 amide bonds. The number of nitrogens with zero attached hydrogens (tertiary/aromatic N) is 1. The number of fused-ring (bicyclic) bond motifs is 1. The molecule has 1 aliphatic rings. The Morgan fingerprint density at radius 2 is 2.14 bits per heavy atom. The molecule has 0 spiro atoms. The third-order valence-electron chi connectivity index (χ3n) is 3.93. The minimum absolute atomic E-state index is 0.0396. The van der Waals surface area contributed by atoms with Crippen molar-refractivity contribution >= 4 is 17.4 Å². The topological polar surface area (TPSA) is 55.8 Å². The van der Waals surface area contributed by atoms with Crippen molar-refractivity contribution in [2.45, 2.75) is 38.7 Å². The molecule has 0 saturated carbocycles. The molecule has 5 nitrogen and oxygen atoms in total. The normalized spacial score (nSPS) is 16.7. The van der Waals surface area contributed by atoms with Crippen LogP contribution in [0.15, 0.2) is 18.2 Å². The van der Waals surface area contributed by atoms with Crippen molar-refractivity contribution in [3.05, 3.63) is 23.8 Å². The number of hydrogen-bond acceptors (Lipinski definition) is 5. The van der Waals surface area contributed by atoms with Crippen LogP contribution in [0.2, 0.25) is 0 Å². The summed E-state index contributed by atoms with van der Waals surface area (Å²) >= 11 is 0. The third kappa shape index (κ3) is 3.78. The first-order valence-electron chi connectivity index (χ1n) is 7.67. The molecule has 1 aliphatic heterocycles. The fourth-order valence-electron chi connectivity index (χ4n) is 2.56. The largest absolute Gasteiger partial charge is 0.486 e. The average molecular weight is 305 g/mol. The van der Waals surface area contributed by atoms with Crippen LogP contribution in [0.4, 0.5) is 5.69 Å². The molecule has 1 heterocycles. The molecule has 2 rings (SSSR count). The summed E-state index contributed by atoms with van der Waals surface area (Å²) in [5.41, 5.74) is 1.61. The molecule has 0 fully saturated rings. The van der Waals surface area contributed by atoms with Crippen molar-refractivity contribution < 1.29 is 19.1 Å². The number of methoxy groups -OCH3 is 1. The van der Waals surface area contributed by atoms with Gasteiger partial charge in [0.15, 0.2) is 5.78 Å². The van der Waals surface area contributed by atoms with Crippen LogP contribution < -0.4 is 9.64 Å². The number of ketones is 1. The monoisotopic (exact) mass is 305 g/mol. The van der Waals surface area contributed by atoms with E-state index in [2.05, 4.69) is 16.6 Å². The zero-order valence-corrected chi connectivity index (χ0v) is 13.4. The van der Waals surface area contributed by atoms with E-state index in [9.17, 15) is 9.59 Å². The van der Waals surface area contributed by atoms with E-state index in [-0.39, 0.29) is 24.3 Å². The lowest BCUT2D eigenvalue weighted by atomic mass is 10.0. The Hall–Kier alpha value is -2.04. The first-order valence-corrected chi connectivity index (χ1v) is 7.67. The highest BCUT2D eigenvalue weighted by molar-refractivity contribution is 5.97. The maximum atomic E-state index is 12.2. The molecule has 1 unspecified atom stereocenters. The number of Topliss-reactive ketones (excluding diaryl/α,β-unsaturated/α-hetero) is 1. The van der Waals surface area contributed by atoms with Crippen LogP contribution in [0, 0.1) is 0 Å². The minimum atomic E-state index is -0.281. The predicted molar refractivity (Wildman–Crippen MR) is 84.6 cm³/mol. The van der Waals surface area contributed by atoms with Gasteiger partial charge in [-0.15, -0.1) is 0 Å². The smallest absolute Gasteiger partial charge is 0.305 e. The first kappa shape index (κ1) is 16.3. The van der Waals surface area contributed by atoms with Gasteiger partial charge in [0.1, 0.15) is 11.9 Å². The summed E-state index contributed by atoms with van der Waals surface area (Å²) in [5.74, 6) is 0.585. The number of anilines is 1. The fourth-order valence-corrected chi connectivity index (χ4v) is 2.56. The van der Waals surface area contributed by atoms with E-state index in [1.54, 1.807) is 6.07 Å². The lowest BCUT2D eigenvalue weighted by Crippen LogP contribution is -2.37. The van der Waals surface area contributed by atoms with E-state index in [4.69, 9.17) is 4.74 Å². The van der Waals surface area contributed by atoms with Crippen molar-refractivity contribution in [1.82, 2.24) is 0 Å². The first-order chi connectivity index (χ1) is 10.5. The summed E-state index contributed by atoms with van der Waals surface area (Å²) in [6.45, 7) is 2.92. The van der Waals surface area contributed by atoms with Gasteiger partial charge in [0.2, 0.25) is 0 Å². The number of esters is 1. The Bertz CT molecular complexity index is 556. The molecule has 1 aromatic carbocycles. The van der Waals surface area contributed by atoms with Gasteiger partial charge in [-0.3, -0.25) is 9.59 Å². The van der Waals surface area contributed by atoms with E-state index in [1.165, 1.54) is 7.11 Å². The van der Waals surface area contributed by atoms with Crippen LogP contribution in [-0.2, 0) is 9.53 Å². The van der Waals surface area contributed by atoms with E-state index in [0.717, 1.165) is 24.4 Å². The zero-order valence-electron chi connectivity index (χ0n) is 13.4. The van der Waals surface area contributed by atoms with Gasteiger partial charge in [-0.2, -0.15) is 0 Å². The SMILES string of the molecule is CCC1CN(C)c2cc(C(=O)CCCC(=O)OC)ccc2O1. The van der Waals surface area contributed by atoms with Crippen molar-refractivity contribution in [2.75, 3.05) is 25.6 Å². The Kier molecular flexibility index (Phi) is 5.41. The Morgan fingerprint density at radius 1 is 1.36 bits per heavy atom. The molecule has 1 atom stereocenters. The number of carbonyl (C=O) groups is 2. The summed E-state index contributed by atoms with van der Waals surface area (Å²) in [6.07, 6.45) is 2.27. The molecule has 22 heavy (non-hydrogen) atoms. The standard InChI is InChI=1S/C17H23NO4/c1-4-13-11-18(2)14-10-12(8-9-16(14)22-13)15(19)6-5-7-17(20)21-3/h8-10,13H,4-7,11H2,1-3H3. The number of rotatable bonds is 6. The van der Waals surface area contributed by atoms with Gasteiger partial charge in [-0.1, -0.05) is 6.92 Å². The van der Waals surface area contributed by atoms with Gasteiger partial charge in [-0.05, 0) is 31.0 Å². The van der Waals surface area contributed by atoms with Crippen molar-refractivity contribution in [1.29, 1.82) is 0 Å². The van der Waals surface area contributed by atoms with Gasteiger partial charge in [0.25, 0.3) is 0 Å². The average Bonchev–Trinajstić information content (AvgIpc) is 2.53. The fraction of sp³-hybridized carbons (Fsp3) is 0.529. The number of benzene rings is 1. The summed E-state index contributed by atoms with van der Waals surface area (Å²) < 4.78 is 10.5. The highest BCUT2D eigenvalue weighted by Crippen LogP contribution is 2.34. The predicted octanol–water partition coefficient (Wildman–Crippen LogP) is 2.82. The Labute approximate surface area is 131 Å². The molecule has 0 saturated heterocycles. The second-order valence-corrected chi connectivity index (χ2v) is 5.56. The van der Waals surface area contributed by atoms with Crippen LogP contribution in [0.3, 0.4) is 0 Å². The van der Waals surface area contributed by atoms with E-state index in [1.807, 2.05) is 19.2 Å². The van der Waals surface area contributed by atoms with E-state index < -0.39 is 0 Å². The molecule has 0 aliphatic carbocycles. The number of ether oxygens (including phenoxy) is 2. The molecule has 1 aromatic rings. The van der Waals surface area contributed by atoms with E-state index in [0.29, 0.717) is 18.4 Å². The van der Waals surface area contributed by atoms with Crippen molar-refractivity contribution in [2.24, 2.45) is 0 Å². The third-order valence-corrected chi connectivity index (χ3v) is 3.93. The maximum absolute atomic E-state index is 12.2. The zero-order chi connectivity index (χ0) is 16.1. The highest BCUT2D eigenvalue weighted by atomic mass is 16.5. The van der Waals surface area contributed by atoms with Crippen LogP contribution in [0.25, 0.3) is 0 Å². The lowest BCUT2D eigenvalue weighted by molar-refractivity contribution is -0.140. The van der Waals surface area contributed by atoms with Crippen LogP contribution in [0.1, 0.15) is 43.0 Å². The van der Waals surface area contributed by atoms with Gasteiger partial charge in [0, 0.05) is 25.5 Å².